The zero-order valence-electron chi connectivity index (χ0n) is 8.44. The molecule has 0 radical (unpaired) electrons. The molecule has 2 aliphatic heterocycles. The summed E-state index contributed by atoms with van der Waals surface area (Å²) < 4.78 is 5.29. The molecular formula is C10H10ClN3O2. The Kier molecular flexibility index (Phi) is 2.22. The van der Waals surface area contributed by atoms with E-state index in [1.165, 1.54) is 0 Å². The van der Waals surface area contributed by atoms with E-state index in [4.69, 9.17) is 16.3 Å². The van der Waals surface area contributed by atoms with Crippen LogP contribution in [0.25, 0.3) is 0 Å². The summed E-state index contributed by atoms with van der Waals surface area (Å²) in [7, 11) is 0. The van der Waals surface area contributed by atoms with Crippen LogP contribution in [0, 0.1) is 0 Å². The number of carbonyl (C=O) groups is 1. The van der Waals surface area contributed by atoms with Gasteiger partial charge in [0.05, 0.1) is 18.9 Å². The molecule has 1 unspecified atom stereocenters. The Balaban J connectivity index is 2.07. The summed E-state index contributed by atoms with van der Waals surface area (Å²) in [4.78, 5) is 18.0. The molecule has 1 aromatic heterocycles. The topological polar surface area (TPSA) is 54.5 Å². The Bertz CT molecular complexity index is 452. The van der Waals surface area contributed by atoms with Crippen LogP contribution in [0.5, 0.6) is 0 Å². The lowest BCUT2D eigenvalue weighted by molar-refractivity contribution is -0.120. The van der Waals surface area contributed by atoms with Gasteiger partial charge in [-0.3, -0.25) is 4.79 Å². The molecule has 0 aliphatic carbocycles. The van der Waals surface area contributed by atoms with E-state index >= 15 is 0 Å². The molecule has 0 saturated carbocycles. The first kappa shape index (κ1) is 9.86. The van der Waals surface area contributed by atoms with E-state index < -0.39 is 0 Å². The SMILES string of the molecule is O=C1Nc2ccc(Cl)nc2N2CCOCC12. The summed E-state index contributed by atoms with van der Waals surface area (Å²) >= 11 is 5.86. The van der Waals surface area contributed by atoms with Crippen LogP contribution in [0.15, 0.2) is 12.1 Å². The molecule has 3 heterocycles. The highest BCUT2D eigenvalue weighted by Gasteiger charge is 2.36. The number of amides is 1. The van der Waals surface area contributed by atoms with Crippen molar-refractivity contribution in [2.75, 3.05) is 30.0 Å². The van der Waals surface area contributed by atoms with Crippen molar-refractivity contribution in [1.82, 2.24) is 4.98 Å². The maximum Gasteiger partial charge on any atom is 0.249 e. The Morgan fingerprint density at radius 2 is 2.44 bits per heavy atom. The fourth-order valence-corrected chi connectivity index (χ4v) is 2.18. The standard InChI is InChI=1S/C10H10ClN3O2/c11-8-2-1-6-9(13-8)14-3-4-16-5-7(14)10(15)12-6/h1-2,7H,3-5H2,(H,12,15). The minimum atomic E-state index is -0.285. The second-order valence-electron chi connectivity index (χ2n) is 3.78. The van der Waals surface area contributed by atoms with Gasteiger partial charge in [0.2, 0.25) is 5.91 Å². The molecule has 3 rings (SSSR count). The van der Waals surface area contributed by atoms with Crippen molar-refractivity contribution in [3.8, 4) is 0 Å². The number of aromatic nitrogens is 1. The average molecular weight is 240 g/mol. The van der Waals surface area contributed by atoms with Crippen LogP contribution in [-0.2, 0) is 9.53 Å². The van der Waals surface area contributed by atoms with E-state index in [2.05, 4.69) is 10.3 Å². The van der Waals surface area contributed by atoms with Gasteiger partial charge in [-0.1, -0.05) is 11.6 Å². The highest BCUT2D eigenvalue weighted by molar-refractivity contribution is 6.29. The molecule has 1 N–H and O–H groups in total. The lowest BCUT2D eigenvalue weighted by atomic mass is 10.1. The number of anilines is 2. The van der Waals surface area contributed by atoms with Crippen molar-refractivity contribution in [2.45, 2.75) is 6.04 Å². The van der Waals surface area contributed by atoms with Gasteiger partial charge in [0, 0.05) is 6.54 Å². The Labute approximate surface area is 97.4 Å². The molecule has 1 saturated heterocycles. The Hall–Kier alpha value is -1.33. The first-order chi connectivity index (χ1) is 7.75. The van der Waals surface area contributed by atoms with E-state index in [0.717, 1.165) is 5.82 Å². The van der Waals surface area contributed by atoms with Crippen molar-refractivity contribution in [2.24, 2.45) is 0 Å². The number of ether oxygens (including phenoxy) is 1. The van der Waals surface area contributed by atoms with Crippen LogP contribution < -0.4 is 10.2 Å². The summed E-state index contributed by atoms with van der Waals surface area (Å²) in [6.07, 6.45) is 0. The maximum absolute atomic E-state index is 11.8. The quantitative estimate of drug-likeness (QED) is 0.684. The third-order valence-corrected chi connectivity index (χ3v) is 3.01. The third kappa shape index (κ3) is 1.44. The fraction of sp³-hybridized carbons (Fsp3) is 0.400. The highest BCUT2D eigenvalue weighted by atomic mass is 35.5. The number of hydrogen-bond acceptors (Lipinski definition) is 4. The predicted molar refractivity (Wildman–Crippen MR) is 59.8 cm³/mol. The van der Waals surface area contributed by atoms with Crippen LogP contribution in [0.2, 0.25) is 5.15 Å². The van der Waals surface area contributed by atoms with Crippen LogP contribution in [0.1, 0.15) is 0 Å². The van der Waals surface area contributed by atoms with Crippen LogP contribution in [0.3, 0.4) is 0 Å². The van der Waals surface area contributed by atoms with Crippen molar-refractivity contribution >= 4 is 29.0 Å². The monoisotopic (exact) mass is 239 g/mol. The fourth-order valence-electron chi connectivity index (χ4n) is 2.03. The lowest BCUT2D eigenvalue weighted by Gasteiger charge is -2.39. The molecule has 16 heavy (non-hydrogen) atoms. The second kappa shape index (κ2) is 3.61. The van der Waals surface area contributed by atoms with Crippen LogP contribution >= 0.6 is 11.6 Å². The lowest BCUT2D eigenvalue weighted by Crippen LogP contribution is -2.55. The zero-order chi connectivity index (χ0) is 11.1. The van der Waals surface area contributed by atoms with Gasteiger partial charge in [-0.15, -0.1) is 0 Å². The first-order valence-electron chi connectivity index (χ1n) is 5.07. The number of rotatable bonds is 0. The maximum atomic E-state index is 11.8. The first-order valence-corrected chi connectivity index (χ1v) is 5.45. The van der Waals surface area contributed by atoms with Gasteiger partial charge < -0.3 is 15.0 Å². The number of pyridine rings is 1. The highest BCUT2D eigenvalue weighted by Crippen LogP contribution is 2.32. The van der Waals surface area contributed by atoms with E-state index in [9.17, 15) is 4.79 Å². The minimum Gasteiger partial charge on any atom is -0.377 e. The van der Waals surface area contributed by atoms with Crippen molar-refractivity contribution in [1.29, 1.82) is 0 Å². The minimum absolute atomic E-state index is 0.0451. The van der Waals surface area contributed by atoms with Gasteiger partial charge in [-0.05, 0) is 12.1 Å². The number of morpholine rings is 1. The van der Waals surface area contributed by atoms with E-state index in [-0.39, 0.29) is 11.9 Å². The molecule has 0 bridgehead atoms. The third-order valence-electron chi connectivity index (χ3n) is 2.80. The molecule has 0 spiro atoms. The number of nitrogens with one attached hydrogen (secondary N) is 1. The van der Waals surface area contributed by atoms with E-state index in [1.54, 1.807) is 12.1 Å². The number of fused-ring (bicyclic) bond motifs is 3. The average Bonchev–Trinajstić information content (AvgIpc) is 2.31. The van der Waals surface area contributed by atoms with Crippen molar-refractivity contribution in [3.63, 3.8) is 0 Å². The second-order valence-corrected chi connectivity index (χ2v) is 4.17. The summed E-state index contributed by atoms with van der Waals surface area (Å²) in [5.41, 5.74) is 0.715. The predicted octanol–water partition coefficient (Wildman–Crippen LogP) is 0.892. The molecule has 84 valence electrons. The summed E-state index contributed by atoms with van der Waals surface area (Å²) in [6, 6.07) is 3.16. The zero-order valence-corrected chi connectivity index (χ0v) is 9.20. The Morgan fingerprint density at radius 1 is 1.56 bits per heavy atom. The van der Waals surface area contributed by atoms with Gasteiger partial charge in [-0.2, -0.15) is 0 Å². The van der Waals surface area contributed by atoms with Gasteiger partial charge in [0.1, 0.15) is 11.2 Å². The molecule has 1 fully saturated rings. The normalized spacial score (nSPS) is 23.4. The number of carbonyl (C=O) groups excluding carboxylic acids is 1. The van der Waals surface area contributed by atoms with Crippen molar-refractivity contribution < 1.29 is 9.53 Å². The molecule has 1 amide bonds. The van der Waals surface area contributed by atoms with E-state index in [0.29, 0.717) is 30.6 Å². The molecule has 2 aliphatic rings. The smallest absolute Gasteiger partial charge is 0.249 e. The molecule has 1 atom stereocenters. The Morgan fingerprint density at radius 3 is 3.31 bits per heavy atom. The van der Waals surface area contributed by atoms with Crippen LogP contribution in [0.4, 0.5) is 11.5 Å². The van der Waals surface area contributed by atoms with Gasteiger partial charge in [-0.25, -0.2) is 4.98 Å². The molecular weight excluding hydrogens is 230 g/mol. The van der Waals surface area contributed by atoms with Gasteiger partial charge in [0.15, 0.2) is 5.82 Å². The number of hydrogen-bond donors (Lipinski definition) is 1. The number of nitrogens with zero attached hydrogens (tertiary/aromatic N) is 2. The summed E-state index contributed by atoms with van der Waals surface area (Å²) in [5, 5.41) is 3.24. The molecule has 5 nitrogen and oxygen atoms in total. The van der Waals surface area contributed by atoms with E-state index in [1.807, 2.05) is 4.90 Å². The summed E-state index contributed by atoms with van der Waals surface area (Å²) in [5.74, 6) is 0.691. The molecule has 6 heteroatoms. The van der Waals surface area contributed by atoms with Crippen molar-refractivity contribution in [3.05, 3.63) is 17.3 Å². The number of halogens is 1. The van der Waals surface area contributed by atoms with Gasteiger partial charge >= 0.3 is 0 Å². The summed E-state index contributed by atoms with van der Waals surface area (Å²) in [6.45, 7) is 1.68. The molecule has 1 aromatic rings. The van der Waals surface area contributed by atoms with Gasteiger partial charge in [0.25, 0.3) is 0 Å². The molecule has 0 aromatic carbocycles. The largest absolute Gasteiger partial charge is 0.377 e. The van der Waals surface area contributed by atoms with Crippen LogP contribution in [-0.4, -0.2) is 36.7 Å².